The lowest BCUT2D eigenvalue weighted by Crippen LogP contribution is -2.25. The van der Waals surface area contributed by atoms with Gasteiger partial charge in [0.05, 0.1) is 19.2 Å². The van der Waals surface area contributed by atoms with Gasteiger partial charge in [-0.25, -0.2) is 0 Å². The van der Waals surface area contributed by atoms with E-state index in [1.54, 1.807) is 7.11 Å². The van der Waals surface area contributed by atoms with Gasteiger partial charge < -0.3 is 14.4 Å². The average molecular weight is 413 g/mol. The van der Waals surface area contributed by atoms with Crippen molar-refractivity contribution < 1.29 is 9.47 Å². The minimum atomic E-state index is 0.777. The van der Waals surface area contributed by atoms with E-state index in [4.69, 9.17) is 14.5 Å². The SMILES string of the molecule is CCCCc1cc(OC)c2cc(OCCCCCCN3CCCCCC3)ccc2n1. The number of benzene rings is 1. The van der Waals surface area contributed by atoms with Crippen molar-refractivity contribution in [2.24, 2.45) is 0 Å². The van der Waals surface area contributed by atoms with Crippen molar-refractivity contribution in [3.05, 3.63) is 30.0 Å². The second-order valence-electron chi connectivity index (χ2n) is 8.62. The molecular weight excluding hydrogens is 372 g/mol. The number of methoxy groups -OCH3 is 1. The standard InChI is InChI=1S/C26H40N2O2/c1-3-4-13-22-20-26(29-2)24-21-23(14-15-25(24)27-22)30-19-12-8-7-11-18-28-16-9-5-6-10-17-28/h14-15,20-21H,3-13,16-19H2,1-2H3. The maximum Gasteiger partial charge on any atom is 0.130 e. The van der Waals surface area contributed by atoms with Crippen LogP contribution in [0, 0.1) is 0 Å². The van der Waals surface area contributed by atoms with Crippen LogP contribution >= 0.6 is 0 Å². The van der Waals surface area contributed by atoms with E-state index in [0.29, 0.717) is 0 Å². The smallest absolute Gasteiger partial charge is 0.130 e. The number of hydrogen-bond acceptors (Lipinski definition) is 4. The molecule has 0 unspecified atom stereocenters. The molecule has 2 heterocycles. The Kier molecular flexibility index (Phi) is 9.75. The van der Waals surface area contributed by atoms with Crippen molar-refractivity contribution in [3.63, 3.8) is 0 Å². The Hall–Kier alpha value is -1.81. The first-order valence-electron chi connectivity index (χ1n) is 12.1. The summed E-state index contributed by atoms with van der Waals surface area (Å²) in [6.07, 6.45) is 13.9. The lowest BCUT2D eigenvalue weighted by molar-refractivity contribution is 0.272. The van der Waals surface area contributed by atoms with Crippen LogP contribution in [0.5, 0.6) is 11.5 Å². The van der Waals surface area contributed by atoms with Crippen LogP contribution in [0.1, 0.15) is 76.8 Å². The van der Waals surface area contributed by atoms with Gasteiger partial charge in [-0.15, -0.1) is 0 Å². The van der Waals surface area contributed by atoms with Crippen LogP contribution < -0.4 is 9.47 Å². The van der Waals surface area contributed by atoms with Gasteiger partial charge in [-0.2, -0.15) is 0 Å². The number of hydrogen-bond donors (Lipinski definition) is 0. The summed E-state index contributed by atoms with van der Waals surface area (Å²) in [5.74, 6) is 1.80. The van der Waals surface area contributed by atoms with Gasteiger partial charge in [0.2, 0.25) is 0 Å². The normalized spacial score (nSPS) is 15.3. The van der Waals surface area contributed by atoms with Gasteiger partial charge in [-0.3, -0.25) is 4.98 Å². The Labute approximate surface area is 183 Å². The lowest BCUT2D eigenvalue weighted by Gasteiger charge is -2.19. The molecule has 3 rings (SSSR count). The summed E-state index contributed by atoms with van der Waals surface area (Å²) >= 11 is 0. The summed E-state index contributed by atoms with van der Waals surface area (Å²) < 4.78 is 11.7. The molecule has 1 aliphatic rings. The van der Waals surface area contributed by atoms with Crippen LogP contribution in [0.3, 0.4) is 0 Å². The fourth-order valence-electron chi connectivity index (χ4n) is 4.31. The second-order valence-corrected chi connectivity index (χ2v) is 8.62. The van der Waals surface area contributed by atoms with E-state index in [2.05, 4.69) is 30.0 Å². The number of pyridine rings is 1. The first kappa shape index (κ1) is 22.9. The van der Waals surface area contributed by atoms with Crippen LogP contribution in [0.2, 0.25) is 0 Å². The zero-order valence-electron chi connectivity index (χ0n) is 19.1. The van der Waals surface area contributed by atoms with Crippen LogP contribution in [-0.4, -0.2) is 43.2 Å². The molecule has 1 aromatic heterocycles. The van der Waals surface area contributed by atoms with Gasteiger partial charge in [-0.1, -0.05) is 39.0 Å². The van der Waals surface area contributed by atoms with Crippen molar-refractivity contribution in [1.82, 2.24) is 9.88 Å². The van der Waals surface area contributed by atoms with E-state index >= 15 is 0 Å². The fourth-order valence-corrected chi connectivity index (χ4v) is 4.31. The largest absolute Gasteiger partial charge is 0.496 e. The average Bonchev–Trinajstić information content (AvgIpc) is 3.05. The zero-order valence-corrected chi connectivity index (χ0v) is 19.1. The molecule has 1 aromatic carbocycles. The van der Waals surface area contributed by atoms with Gasteiger partial charge in [0.15, 0.2) is 0 Å². The van der Waals surface area contributed by atoms with Crippen molar-refractivity contribution in [2.45, 2.75) is 77.6 Å². The van der Waals surface area contributed by atoms with Crippen molar-refractivity contribution in [1.29, 1.82) is 0 Å². The number of likely N-dealkylation sites (tertiary alicyclic amines) is 1. The third-order valence-electron chi connectivity index (χ3n) is 6.14. The van der Waals surface area contributed by atoms with E-state index in [0.717, 1.165) is 54.0 Å². The second kappa shape index (κ2) is 12.8. The molecule has 0 bridgehead atoms. The van der Waals surface area contributed by atoms with E-state index in [9.17, 15) is 0 Å². The number of rotatable bonds is 12. The van der Waals surface area contributed by atoms with Gasteiger partial charge in [0.25, 0.3) is 0 Å². The van der Waals surface area contributed by atoms with Crippen molar-refractivity contribution >= 4 is 10.9 Å². The molecule has 0 spiro atoms. The molecule has 0 aliphatic carbocycles. The highest BCUT2D eigenvalue weighted by Gasteiger charge is 2.09. The molecule has 4 heteroatoms. The van der Waals surface area contributed by atoms with Crippen molar-refractivity contribution in [2.75, 3.05) is 33.4 Å². The Balaban J connectivity index is 1.41. The molecule has 0 saturated carbocycles. The summed E-state index contributed by atoms with van der Waals surface area (Å²) in [6, 6.07) is 8.25. The summed E-state index contributed by atoms with van der Waals surface area (Å²) in [5.41, 5.74) is 2.09. The molecule has 1 saturated heterocycles. The Morgan fingerprint density at radius 2 is 1.73 bits per heavy atom. The lowest BCUT2D eigenvalue weighted by atomic mass is 10.1. The molecule has 0 amide bonds. The quantitative estimate of drug-likeness (QED) is 0.378. The number of nitrogens with zero attached hydrogens (tertiary/aromatic N) is 2. The fraction of sp³-hybridized carbons (Fsp3) is 0.654. The molecule has 1 aliphatic heterocycles. The molecular formula is C26H40N2O2. The third kappa shape index (κ3) is 7.16. The van der Waals surface area contributed by atoms with Gasteiger partial charge in [-0.05, 0) is 76.4 Å². The Bertz CT molecular complexity index is 754. The topological polar surface area (TPSA) is 34.6 Å². The first-order valence-corrected chi connectivity index (χ1v) is 12.1. The molecule has 0 atom stereocenters. The number of ether oxygens (including phenoxy) is 2. The van der Waals surface area contributed by atoms with Crippen molar-refractivity contribution in [3.8, 4) is 11.5 Å². The third-order valence-corrected chi connectivity index (χ3v) is 6.14. The summed E-state index contributed by atoms with van der Waals surface area (Å²) in [7, 11) is 1.73. The number of fused-ring (bicyclic) bond motifs is 1. The predicted octanol–water partition coefficient (Wildman–Crippen LogP) is 6.40. The molecule has 30 heavy (non-hydrogen) atoms. The van der Waals surface area contributed by atoms with Crippen LogP contribution in [0.25, 0.3) is 10.9 Å². The van der Waals surface area contributed by atoms with Crippen LogP contribution in [0.4, 0.5) is 0 Å². The first-order chi connectivity index (χ1) is 14.8. The van der Waals surface area contributed by atoms with Crippen LogP contribution in [0.15, 0.2) is 24.3 Å². The highest BCUT2D eigenvalue weighted by atomic mass is 16.5. The molecule has 166 valence electrons. The van der Waals surface area contributed by atoms with E-state index in [-0.39, 0.29) is 0 Å². The van der Waals surface area contributed by atoms with Gasteiger partial charge in [0.1, 0.15) is 11.5 Å². The highest BCUT2D eigenvalue weighted by Crippen LogP contribution is 2.29. The van der Waals surface area contributed by atoms with Gasteiger partial charge in [0, 0.05) is 17.1 Å². The minimum Gasteiger partial charge on any atom is -0.496 e. The predicted molar refractivity (Wildman–Crippen MR) is 126 cm³/mol. The summed E-state index contributed by atoms with van der Waals surface area (Å²) in [6.45, 7) is 6.88. The van der Waals surface area contributed by atoms with E-state index < -0.39 is 0 Å². The molecule has 0 N–H and O–H groups in total. The van der Waals surface area contributed by atoms with Crippen LogP contribution in [-0.2, 0) is 6.42 Å². The molecule has 1 fully saturated rings. The summed E-state index contributed by atoms with van der Waals surface area (Å²) in [4.78, 5) is 7.46. The molecule has 0 radical (unpaired) electrons. The van der Waals surface area contributed by atoms with E-state index in [1.165, 1.54) is 71.0 Å². The monoisotopic (exact) mass is 412 g/mol. The minimum absolute atomic E-state index is 0.777. The summed E-state index contributed by atoms with van der Waals surface area (Å²) in [5, 5.41) is 1.03. The molecule has 4 nitrogen and oxygen atoms in total. The van der Waals surface area contributed by atoms with E-state index in [1.807, 2.05) is 6.07 Å². The number of aromatic nitrogens is 1. The molecule has 2 aromatic rings. The Morgan fingerprint density at radius 1 is 0.933 bits per heavy atom. The van der Waals surface area contributed by atoms with Gasteiger partial charge >= 0.3 is 0 Å². The maximum absolute atomic E-state index is 6.03. The zero-order chi connectivity index (χ0) is 21.0. The highest BCUT2D eigenvalue weighted by molar-refractivity contribution is 5.86. The number of unbranched alkanes of at least 4 members (excludes halogenated alkanes) is 4. The Morgan fingerprint density at radius 3 is 2.50 bits per heavy atom. The maximum atomic E-state index is 6.03. The number of aryl methyl sites for hydroxylation is 1.